The van der Waals surface area contributed by atoms with Gasteiger partial charge in [0.25, 0.3) is 0 Å². The van der Waals surface area contributed by atoms with Crippen LogP contribution in [0.2, 0.25) is 0 Å². The van der Waals surface area contributed by atoms with Crippen molar-refractivity contribution in [3.05, 3.63) is 0 Å². The Morgan fingerprint density at radius 2 is 1.89 bits per heavy atom. The average molecular weight is 537 g/mol. The van der Waals surface area contributed by atoms with Gasteiger partial charge in [-0.2, -0.15) is 0 Å². The van der Waals surface area contributed by atoms with E-state index in [1.165, 1.54) is 0 Å². The lowest BCUT2D eigenvalue weighted by Gasteiger charge is -2.37. The first-order chi connectivity index (χ1) is 16.5. The third-order valence-electron chi connectivity index (χ3n) is 8.14. The van der Waals surface area contributed by atoms with E-state index in [9.17, 15) is 22.4 Å². The average Bonchev–Trinajstić information content (AvgIpc) is 3.39. The number of hydrazine groups is 1. The molecule has 3 N–H and O–H groups in total. The molecule has 200 valence electrons. The number of hydrogen-bond acceptors (Lipinski definition) is 6. The summed E-state index contributed by atoms with van der Waals surface area (Å²) in [6, 6.07) is 0.320. The van der Waals surface area contributed by atoms with Gasteiger partial charge in [0, 0.05) is 45.4 Å². The van der Waals surface area contributed by atoms with Crippen LogP contribution in [0.15, 0.2) is 0 Å². The molecule has 0 aromatic rings. The molecule has 0 spiro atoms. The smallest absolute Gasteiger partial charge is 0.320 e. The van der Waals surface area contributed by atoms with Crippen LogP contribution < -0.4 is 15.6 Å². The number of likely N-dealkylation sites (N-methyl/N-ethyl adjacent to an activating group) is 2. The van der Waals surface area contributed by atoms with Gasteiger partial charge in [-0.3, -0.25) is 20.4 Å². The molecule has 0 aromatic heterocycles. The van der Waals surface area contributed by atoms with Crippen LogP contribution in [0.3, 0.4) is 0 Å². The van der Waals surface area contributed by atoms with Crippen molar-refractivity contribution in [2.24, 2.45) is 17.8 Å². The Labute approximate surface area is 212 Å². The van der Waals surface area contributed by atoms with Gasteiger partial charge < -0.3 is 9.80 Å². The van der Waals surface area contributed by atoms with Gasteiger partial charge in [0.2, 0.25) is 15.9 Å². The number of halogens is 2. The van der Waals surface area contributed by atoms with Gasteiger partial charge >= 0.3 is 6.03 Å². The van der Waals surface area contributed by atoms with Crippen LogP contribution in [0, 0.1) is 17.8 Å². The number of urea groups is 1. The zero-order chi connectivity index (χ0) is 25.3. The predicted molar refractivity (Wildman–Crippen MR) is 131 cm³/mol. The van der Waals surface area contributed by atoms with Crippen molar-refractivity contribution < 1.29 is 22.4 Å². The molecular weight excluding hydrogens is 499 g/mol. The molecule has 35 heavy (non-hydrogen) atoms. The largest absolute Gasteiger partial charge is 0.326 e. The number of carbonyl (C=O) groups excluding carboxylic acids is 2. The van der Waals surface area contributed by atoms with Crippen molar-refractivity contribution in [2.45, 2.75) is 62.2 Å². The molecule has 13 heteroatoms. The maximum Gasteiger partial charge on any atom is 0.320 e. The normalized spacial score (nSPS) is 37.1. The Balaban J connectivity index is 1.24. The second-order valence-corrected chi connectivity index (χ2v) is 13.1. The lowest BCUT2D eigenvalue weighted by molar-refractivity contribution is -0.129. The highest BCUT2D eigenvalue weighted by Gasteiger charge is 2.44. The lowest BCUT2D eigenvalue weighted by Crippen LogP contribution is -2.52. The molecule has 4 aliphatic rings. The number of rotatable bonds is 7. The summed E-state index contributed by atoms with van der Waals surface area (Å²) in [4.78, 5) is 32.9. The number of nitrogens with one attached hydrogen (secondary N) is 3. The summed E-state index contributed by atoms with van der Waals surface area (Å²) < 4.78 is 40.1. The van der Waals surface area contributed by atoms with Crippen LogP contribution in [0.4, 0.5) is 9.18 Å². The molecule has 2 saturated carbocycles. The minimum absolute atomic E-state index is 0.0384. The third-order valence-corrected chi connectivity index (χ3v) is 9.88. The maximum atomic E-state index is 14.8. The second-order valence-electron chi connectivity index (χ2n) is 10.8. The number of hydrogen-bond donors (Lipinski definition) is 3. The SMILES string of the molecule is CN1CNC(C2CC(Cl)C(F)C(C(=O)NNS(=O)(=O)CC3CCC(N4CCN(C)C4=O)CC3)C2)C1. The molecule has 5 unspecified atom stereocenters. The first kappa shape index (κ1) is 26.8. The van der Waals surface area contributed by atoms with Gasteiger partial charge in [-0.1, -0.05) is 0 Å². The van der Waals surface area contributed by atoms with E-state index in [-0.39, 0.29) is 35.7 Å². The summed E-state index contributed by atoms with van der Waals surface area (Å²) in [5, 5.41) is 2.59. The molecule has 0 radical (unpaired) electrons. The highest BCUT2D eigenvalue weighted by Crippen LogP contribution is 2.37. The molecule has 10 nitrogen and oxygen atoms in total. The van der Waals surface area contributed by atoms with E-state index in [0.29, 0.717) is 32.2 Å². The van der Waals surface area contributed by atoms with Gasteiger partial charge in [-0.15, -0.1) is 16.4 Å². The fraction of sp³-hybridized carbons (Fsp3) is 0.909. The summed E-state index contributed by atoms with van der Waals surface area (Å²) in [6.07, 6.45) is 2.19. The Morgan fingerprint density at radius 1 is 1.17 bits per heavy atom. The summed E-state index contributed by atoms with van der Waals surface area (Å²) in [5.74, 6) is -1.81. The van der Waals surface area contributed by atoms with Gasteiger partial charge in [0.1, 0.15) is 6.17 Å². The van der Waals surface area contributed by atoms with Crippen molar-refractivity contribution in [1.82, 2.24) is 30.3 Å². The van der Waals surface area contributed by atoms with Crippen LogP contribution in [-0.2, 0) is 14.8 Å². The van der Waals surface area contributed by atoms with Crippen LogP contribution in [0.5, 0.6) is 0 Å². The van der Waals surface area contributed by atoms with E-state index < -0.39 is 33.4 Å². The minimum atomic E-state index is -3.78. The molecule has 0 bridgehead atoms. The summed E-state index contributed by atoms with van der Waals surface area (Å²) >= 11 is 6.25. The Hall–Kier alpha value is -1.21. The standard InChI is InChI=1S/C22H38ClFN6O4S/c1-28-11-19(25-13-28)15-9-17(20(24)18(23)10-15)21(31)26-27-35(33,34)12-14-3-5-16(6-4-14)30-8-7-29(2)22(30)32/h14-20,25,27H,3-13H2,1-2H3,(H,26,31). The van der Waals surface area contributed by atoms with Crippen molar-refractivity contribution in [1.29, 1.82) is 0 Å². The van der Waals surface area contributed by atoms with E-state index in [1.807, 2.05) is 11.9 Å². The van der Waals surface area contributed by atoms with Gasteiger partial charge in [0.15, 0.2) is 0 Å². The fourth-order valence-electron chi connectivity index (χ4n) is 6.06. The lowest BCUT2D eigenvalue weighted by atomic mass is 9.76. The number of carbonyl (C=O) groups is 2. The summed E-state index contributed by atoms with van der Waals surface area (Å²) in [7, 11) is -0.00729. The summed E-state index contributed by atoms with van der Waals surface area (Å²) in [5.41, 5.74) is 2.25. The molecule has 0 aromatic carbocycles. The zero-order valence-electron chi connectivity index (χ0n) is 20.5. The maximum absolute atomic E-state index is 14.8. The molecule has 2 aliphatic carbocycles. The Bertz CT molecular complexity index is 889. The predicted octanol–water partition coefficient (Wildman–Crippen LogP) is 0.696. The van der Waals surface area contributed by atoms with Crippen LogP contribution >= 0.6 is 11.6 Å². The summed E-state index contributed by atoms with van der Waals surface area (Å²) in [6.45, 7) is 2.97. The van der Waals surface area contributed by atoms with Crippen LogP contribution in [-0.4, -0.2) is 105 Å². The molecule has 4 fully saturated rings. The Morgan fingerprint density at radius 3 is 2.49 bits per heavy atom. The molecule has 2 heterocycles. The van der Waals surface area contributed by atoms with Gasteiger partial charge in [-0.25, -0.2) is 17.6 Å². The zero-order valence-corrected chi connectivity index (χ0v) is 22.0. The number of sulfonamides is 1. The molecule has 5 atom stereocenters. The third kappa shape index (κ3) is 6.38. The van der Waals surface area contributed by atoms with Crippen LogP contribution in [0.1, 0.15) is 38.5 Å². The van der Waals surface area contributed by atoms with Crippen molar-refractivity contribution in [2.75, 3.05) is 46.2 Å². The number of alkyl halides is 2. The molecule has 2 aliphatic heterocycles. The van der Waals surface area contributed by atoms with E-state index in [1.54, 1.807) is 11.9 Å². The first-order valence-corrected chi connectivity index (χ1v) is 14.6. The monoisotopic (exact) mass is 536 g/mol. The van der Waals surface area contributed by atoms with Gasteiger partial charge in [-0.05, 0) is 57.4 Å². The minimum Gasteiger partial charge on any atom is -0.326 e. The number of nitrogens with zero attached hydrogens (tertiary/aromatic N) is 3. The van der Waals surface area contributed by atoms with Crippen molar-refractivity contribution in [3.8, 4) is 0 Å². The molecular formula is C22H38ClFN6O4S. The molecule has 2 saturated heterocycles. The first-order valence-electron chi connectivity index (χ1n) is 12.5. The van der Waals surface area contributed by atoms with E-state index in [0.717, 1.165) is 32.6 Å². The van der Waals surface area contributed by atoms with Gasteiger partial charge in [0.05, 0.1) is 17.0 Å². The Kier molecular flexibility index (Phi) is 8.47. The van der Waals surface area contributed by atoms with E-state index >= 15 is 0 Å². The topological polar surface area (TPSA) is 114 Å². The van der Waals surface area contributed by atoms with Crippen molar-refractivity contribution in [3.63, 3.8) is 0 Å². The molecule has 3 amide bonds. The van der Waals surface area contributed by atoms with E-state index in [4.69, 9.17) is 11.6 Å². The van der Waals surface area contributed by atoms with Crippen molar-refractivity contribution >= 4 is 33.6 Å². The molecule has 4 rings (SSSR count). The number of amides is 3. The highest BCUT2D eigenvalue weighted by molar-refractivity contribution is 7.89. The van der Waals surface area contributed by atoms with Crippen LogP contribution in [0.25, 0.3) is 0 Å². The second kappa shape index (κ2) is 11.0. The highest BCUT2D eigenvalue weighted by atomic mass is 35.5. The van der Waals surface area contributed by atoms with E-state index in [2.05, 4.69) is 20.5 Å². The quantitative estimate of drug-likeness (QED) is 0.326. The fourth-order valence-corrected chi connectivity index (χ4v) is 7.76.